The van der Waals surface area contributed by atoms with Gasteiger partial charge in [-0.15, -0.1) is 0 Å². The molecule has 3 N–H and O–H groups in total. The predicted molar refractivity (Wildman–Crippen MR) is 37.7 cm³/mol. The molecule has 0 aromatic carbocycles. The van der Waals surface area contributed by atoms with E-state index in [1.807, 2.05) is 14.1 Å². The molecule has 1 atom stereocenters. The van der Waals surface area contributed by atoms with Crippen LogP contribution in [0.4, 0.5) is 0 Å². The molecule has 0 saturated carbocycles. The predicted octanol–water partition coefficient (Wildman–Crippen LogP) is -0.640. The van der Waals surface area contributed by atoms with Gasteiger partial charge in [0.15, 0.2) is 0 Å². The lowest BCUT2D eigenvalue weighted by Crippen LogP contribution is -2.48. The van der Waals surface area contributed by atoms with Crippen molar-refractivity contribution < 1.29 is 9.59 Å². The van der Waals surface area contributed by atoms with E-state index in [1.54, 1.807) is 6.92 Å². The topological polar surface area (TPSA) is 46.2 Å². The maximum absolute atomic E-state index is 8.95. The Morgan fingerprint density at radius 1 is 1.56 bits per heavy atom. The second-order valence-corrected chi connectivity index (χ2v) is 3.15. The highest BCUT2D eigenvalue weighted by Crippen LogP contribution is 1.94. The normalized spacial score (nSPS) is 15.7. The van der Waals surface area contributed by atoms with Crippen LogP contribution >= 0.6 is 0 Å². The zero-order valence-electron chi connectivity index (χ0n) is 6.46. The van der Waals surface area contributed by atoms with Crippen LogP contribution in [-0.2, 0) is 0 Å². The summed E-state index contributed by atoms with van der Waals surface area (Å²) >= 11 is 0. The molecular weight excluding hydrogens is 116 g/mol. The lowest BCUT2D eigenvalue weighted by atomic mass is 10.3. The van der Waals surface area contributed by atoms with Crippen LogP contribution in [0.15, 0.2) is 0 Å². The van der Waals surface area contributed by atoms with Crippen LogP contribution < -0.4 is 5.73 Å². The Hall–Kier alpha value is -0.120. The second-order valence-electron chi connectivity index (χ2n) is 3.15. The van der Waals surface area contributed by atoms with E-state index >= 15 is 0 Å². The van der Waals surface area contributed by atoms with Gasteiger partial charge in [0.1, 0.15) is 19.3 Å². The van der Waals surface area contributed by atoms with Crippen molar-refractivity contribution in [3.63, 3.8) is 0 Å². The van der Waals surface area contributed by atoms with E-state index in [1.165, 1.54) is 0 Å². The zero-order chi connectivity index (χ0) is 7.49. The average Bonchev–Trinajstić information content (AvgIpc) is 1.63. The molecule has 56 valence electrons. The molecule has 0 bridgehead atoms. The van der Waals surface area contributed by atoms with E-state index in [0.717, 1.165) is 6.54 Å². The maximum Gasteiger partial charge on any atom is 0.129 e. The van der Waals surface area contributed by atoms with Crippen molar-refractivity contribution in [1.82, 2.24) is 0 Å². The summed E-state index contributed by atoms with van der Waals surface area (Å²) in [4.78, 5) is 0. The van der Waals surface area contributed by atoms with Gasteiger partial charge in [-0.1, -0.05) is 0 Å². The van der Waals surface area contributed by atoms with Gasteiger partial charge >= 0.3 is 0 Å². The number of aliphatic hydroxyl groups excluding tert-OH is 1. The van der Waals surface area contributed by atoms with Crippen molar-refractivity contribution >= 4 is 0 Å². The lowest BCUT2D eigenvalue weighted by molar-refractivity contribution is -0.892. The molecule has 0 heterocycles. The van der Waals surface area contributed by atoms with Gasteiger partial charge in [-0.05, 0) is 6.92 Å². The Labute approximate surface area is 56.7 Å². The Morgan fingerprint density at radius 3 is 2.11 bits per heavy atom. The van der Waals surface area contributed by atoms with Crippen molar-refractivity contribution in [2.75, 3.05) is 27.3 Å². The third-order valence-electron chi connectivity index (χ3n) is 1.25. The van der Waals surface area contributed by atoms with Crippen molar-refractivity contribution in [2.45, 2.75) is 13.0 Å². The standard InChI is InChI=1S/C6H17N2O/c1-6(9)4-8(2,3)5-7/h6,9H,4-5,7H2,1-3H3/q+1. The van der Waals surface area contributed by atoms with Crippen LogP contribution in [0, 0.1) is 0 Å². The molecule has 1 unspecified atom stereocenters. The fourth-order valence-electron chi connectivity index (χ4n) is 0.790. The molecule has 0 aliphatic rings. The van der Waals surface area contributed by atoms with Crippen LogP contribution in [0.25, 0.3) is 0 Å². The van der Waals surface area contributed by atoms with Crippen molar-refractivity contribution in [3.8, 4) is 0 Å². The number of nitrogens with two attached hydrogens (primary N) is 1. The van der Waals surface area contributed by atoms with Gasteiger partial charge in [-0.25, -0.2) is 0 Å². The van der Waals surface area contributed by atoms with E-state index < -0.39 is 0 Å². The molecule has 0 rings (SSSR count). The van der Waals surface area contributed by atoms with Gasteiger partial charge < -0.3 is 9.59 Å². The summed E-state index contributed by atoms with van der Waals surface area (Å²) in [6.45, 7) is 3.07. The monoisotopic (exact) mass is 133 g/mol. The van der Waals surface area contributed by atoms with Gasteiger partial charge in [0.25, 0.3) is 0 Å². The first kappa shape index (κ1) is 8.88. The van der Waals surface area contributed by atoms with Crippen LogP contribution in [0.1, 0.15) is 6.92 Å². The number of rotatable bonds is 3. The highest BCUT2D eigenvalue weighted by molar-refractivity contribution is 4.40. The Bertz CT molecular complexity index is 81.1. The van der Waals surface area contributed by atoms with Crippen molar-refractivity contribution in [2.24, 2.45) is 5.73 Å². The smallest absolute Gasteiger partial charge is 0.129 e. The highest BCUT2D eigenvalue weighted by atomic mass is 16.3. The molecule has 0 spiro atoms. The first-order chi connectivity index (χ1) is 3.98. The summed E-state index contributed by atoms with van der Waals surface area (Å²) in [5.74, 6) is 0. The zero-order valence-corrected chi connectivity index (χ0v) is 6.46. The minimum absolute atomic E-state index is 0.261. The van der Waals surface area contributed by atoms with Gasteiger partial charge in [-0.2, -0.15) is 0 Å². The summed E-state index contributed by atoms with van der Waals surface area (Å²) < 4.78 is 0.678. The van der Waals surface area contributed by atoms with E-state index in [0.29, 0.717) is 11.2 Å². The SMILES string of the molecule is CC(O)C[N+](C)(C)CN. The molecule has 0 fully saturated rings. The molecule has 0 aliphatic heterocycles. The van der Waals surface area contributed by atoms with Crippen LogP contribution in [0.3, 0.4) is 0 Å². The Kier molecular flexibility index (Phi) is 3.11. The van der Waals surface area contributed by atoms with Crippen molar-refractivity contribution in [1.29, 1.82) is 0 Å². The first-order valence-electron chi connectivity index (χ1n) is 3.18. The molecule has 0 amide bonds. The molecule has 0 aromatic rings. The fraction of sp³-hybridized carbons (Fsp3) is 1.00. The van der Waals surface area contributed by atoms with E-state index in [-0.39, 0.29) is 6.10 Å². The van der Waals surface area contributed by atoms with E-state index in [2.05, 4.69) is 0 Å². The molecule has 0 aliphatic carbocycles. The quantitative estimate of drug-likeness (QED) is 0.397. The first-order valence-corrected chi connectivity index (χ1v) is 3.18. The average molecular weight is 133 g/mol. The number of nitrogens with zero attached hydrogens (tertiary/aromatic N) is 1. The number of aliphatic hydroxyl groups is 1. The van der Waals surface area contributed by atoms with Gasteiger partial charge in [0, 0.05) is 0 Å². The minimum Gasteiger partial charge on any atom is -0.388 e. The number of hydrogen-bond acceptors (Lipinski definition) is 2. The van der Waals surface area contributed by atoms with Crippen LogP contribution in [-0.4, -0.2) is 43.0 Å². The van der Waals surface area contributed by atoms with Crippen LogP contribution in [0.5, 0.6) is 0 Å². The third-order valence-corrected chi connectivity index (χ3v) is 1.25. The van der Waals surface area contributed by atoms with E-state index in [4.69, 9.17) is 10.8 Å². The summed E-state index contributed by atoms with van der Waals surface area (Å²) in [6, 6.07) is 0. The Balaban J connectivity index is 3.58. The molecule has 9 heavy (non-hydrogen) atoms. The second kappa shape index (κ2) is 3.15. The number of hydrogen-bond donors (Lipinski definition) is 2. The molecule has 0 radical (unpaired) electrons. The number of likely N-dealkylation sites (N-methyl/N-ethyl adjacent to an activating group) is 1. The Morgan fingerprint density at radius 2 is 2.00 bits per heavy atom. The van der Waals surface area contributed by atoms with Gasteiger partial charge in [0.2, 0.25) is 0 Å². The molecular formula is C6H17N2O+. The molecule has 0 aromatic heterocycles. The van der Waals surface area contributed by atoms with Gasteiger partial charge in [-0.3, -0.25) is 5.73 Å². The molecule has 3 heteroatoms. The van der Waals surface area contributed by atoms with Crippen LogP contribution in [0.2, 0.25) is 0 Å². The maximum atomic E-state index is 8.95. The van der Waals surface area contributed by atoms with E-state index in [9.17, 15) is 0 Å². The largest absolute Gasteiger partial charge is 0.388 e. The molecule has 0 saturated heterocycles. The summed E-state index contributed by atoms with van der Waals surface area (Å²) in [5.41, 5.74) is 5.42. The number of quaternary nitrogens is 1. The van der Waals surface area contributed by atoms with Gasteiger partial charge in [0.05, 0.1) is 14.1 Å². The molecule has 3 nitrogen and oxygen atoms in total. The third kappa shape index (κ3) is 4.39. The minimum atomic E-state index is -0.261. The summed E-state index contributed by atoms with van der Waals surface area (Å²) in [5, 5.41) is 8.95. The fourth-order valence-corrected chi connectivity index (χ4v) is 0.790. The summed E-state index contributed by atoms with van der Waals surface area (Å²) in [7, 11) is 3.99. The summed E-state index contributed by atoms with van der Waals surface area (Å²) in [6.07, 6.45) is -0.261. The highest BCUT2D eigenvalue weighted by Gasteiger charge is 2.14. The van der Waals surface area contributed by atoms with Crippen molar-refractivity contribution in [3.05, 3.63) is 0 Å². The lowest BCUT2D eigenvalue weighted by Gasteiger charge is -2.28.